The highest BCUT2D eigenvalue weighted by atomic mass is 19.1. The summed E-state index contributed by atoms with van der Waals surface area (Å²) in [6.07, 6.45) is 0.605. The Morgan fingerprint density at radius 3 is 2.26 bits per heavy atom. The summed E-state index contributed by atoms with van der Waals surface area (Å²) in [6.45, 7) is 7.84. The number of aryl methyl sites for hydroxylation is 1. The second-order valence-electron chi connectivity index (χ2n) is 10.6. The van der Waals surface area contributed by atoms with Gasteiger partial charge in [0.05, 0.1) is 13.2 Å². The van der Waals surface area contributed by atoms with Gasteiger partial charge in [0.2, 0.25) is 0 Å². The van der Waals surface area contributed by atoms with Gasteiger partial charge in [-0.05, 0) is 79.8 Å². The van der Waals surface area contributed by atoms with Crippen LogP contribution in [0.15, 0.2) is 60.7 Å². The monoisotopic (exact) mass is 582 g/mol. The van der Waals surface area contributed by atoms with Gasteiger partial charge in [-0.3, -0.25) is 9.59 Å². The molecule has 0 heterocycles. The molecule has 0 fully saturated rings. The van der Waals surface area contributed by atoms with Crippen LogP contribution in [-0.2, 0) is 13.0 Å². The number of carbonyl (C=O) groups is 2. The number of nitrogens with zero attached hydrogens (tertiary/aromatic N) is 1. The number of methoxy groups -OCH3 is 1. The number of aliphatic hydroxyl groups is 1. The van der Waals surface area contributed by atoms with Crippen LogP contribution in [0, 0.1) is 18.6 Å². The van der Waals surface area contributed by atoms with Crippen molar-refractivity contribution in [2.45, 2.75) is 58.7 Å². The third kappa shape index (κ3) is 9.63. The molecule has 4 N–H and O–H groups in total. The van der Waals surface area contributed by atoms with E-state index in [0.717, 1.165) is 35.8 Å². The maximum absolute atomic E-state index is 14.0. The molecule has 0 aliphatic heterocycles. The molecule has 42 heavy (non-hydrogen) atoms. The van der Waals surface area contributed by atoms with Crippen LogP contribution in [0.25, 0.3) is 0 Å². The predicted molar refractivity (Wildman–Crippen MR) is 158 cm³/mol. The van der Waals surface area contributed by atoms with Crippen molar-refractivity contribution >= 4 is 11.8 Å². The first-order chi connectivity index (χ1) is 20.1. The molecule has 0 spiro atoms. The number of quaternary nitrogens is 1. The molecule has 0 saturated carbocycles. The maximum Gasteiger partial charge on any atom is 0.253 e. The molecule has 0 bridgehead atoms. The standard InChI is InChI=1S/C33H41F2N3O4/c1-5-10-38(11-6-2)33(41)26-13-22(3)12-25(18-26)32(40)37-30(17-24-14-27(34)19-28(35)15-24)31(39)21-36-20-23-8-7-9-29(16-23)42-4/h7-9,12-16,18-19,30-31,36,39H,5-6,10-11,17,20-21H2,1-4H3,(H,37,40)/p+1/t30-,31+/m0/s1. The SMILES string of the molecule is CCCN(CCC)C(=O)c1cc(C)cc(C(=O)N[C@@H](Cc2cc(F)cc(F)c2)[C@H](O)C[NH2+]Cc2cccc(OC)c2)c1. The Balaban J connectivity index is 1.80. The first-order valence-corrected chi connectivity index (χ1v) is 14.4. The summed E-state index contributed by atoms with van der Waals surface area (Å²) in [5.41, 5.74) is 2.73. The van der Waals surface area contributed by atoms with Crippen LogP contribution in [0.5, 0.6) is 5.75 Å². The predicted octanol–water partition coefficient (Wildman–Crippen LogP) is 4.01. The number of nitrogens with two attached hydrogens (primary N) is 1. The Bertz CT molecular complexity index is 1320. The Labute approximate surface area is 246 Å². The summed E-state index contributed by atoms with van der Waals surface area (Å²) in [5.74, 6) is -1.38. The molecule has 3 aromatic rings. The average molecular weight is 583 g/mol. The second kappa shape index (κ2) is 16.0. The topological polar surface area (TPSA) is 95.5 Å². The molecule has 226 valence electrons. The normalized spacial score (nSPS) is 12.5. The molecule has 3 rings (SSSR count). The average Bonchev–Trinajstić information content (AvgIpc) is 2.95. The van der Waals surface area contributed by atoms with Gasteiger partial charge in [-0.25, -0.2) is 8.78 Å². The number of hydrogen-bond acceptors (Lipinski definition) is 4. The lowest BCUT2D eigenvalue weighted by atomic mass is 9.99. The minimum atomic E-state index is -1.04. The Morgan fingerprint density at radius 2 is 1.62 bits per heavy atom. The number of hydrogen-bond donors (Lipinski definition) is 3. The fourth-order valence-electron chi connectivity index (χ4n) is 4.98. The van der Waals surface area contributed by atoms with Gasteiger partial charge in [-0.15, -0.1) is 0 Å². The highest BCUT2D eigenvalue weighted by molar-refractivity contribution is 6.00. The number of rotatable bonds is 15. The van der Waals surface area contributed by atoms with Crippen molar-refractivity contribution in [1.82, 2.24) is 10.2 Å². The lowest BCUT2D eigenvalue weighted by Gasteiger charge is -2.24. The van der Waals surface area contributed by atoms with Gasteiger partial charge in [-0.2, -0.15) is 0 Å². The van der Waals surface area contributed by atoms with E-state index < -0.39 is 29.7 Å². The van der Waals surface area contributed by atoms with Crippen molar-refractivity contribution in [3.05, 3.63) is 100 Å². The van der Waals surface area contributed by atoms with E-state index in [0.29, 0.717) is 30.8 Å². The number of nitrogens with one attached hydrogen (secondary N) is 1. The van der Waals surface area contributed by atoms with Crippen LogP contribution in [0.3, 0.4) is 0 Å². The van der Waals surface area contributed by atoms with Crippen molar-refractivity contribution in [2.75, 3.05) is 26.7 Å². The zero-order valence-corrected chi connectivity index (χ0v) is 24.8. The minimum absolute atomic E-state index is 0.00691. The summed E-state index contributed by atoms with van der Waals surface area (Å²) < 4.78 is 33.2. The first-order valence-electron chi connectivity index (χ1n) is 14.4. The molecule has 2 amide bonds. The molecule has 0 aliphatic rings. The van der Waals surface area contributed by atoms with Crippen LogP contribution in [0.1, 0.15) is 64.1 Å². The van der Waals surface area contributed by atoms with Gasteiger partial charge < -0.3 is 25.4 Å². The summed E-state index contributed by atoms with van der Waals surface area (Å²) in [7, 11) is 1.59. The van der Waals surface area contributed by atoms with Crippen LogP contribution >= 0.6 is 0 Å². The van der Waals surface area contributed by atoms with Crippen molar-refractivity contribution in [3.8, 4) is 5.75 Å². The highest BCUT2D eigenvalue weighted by Gasteiger charge is 2.25. The summed E-state index contributed by atoms with van der Waals surface area (Å²) in [5, 5.41) is 15.9. The third-order valence-electron chi connectivity index (χ3n) is 6.94. The highest BCUT2D eigenvalue weighted by Crippen LogP contribution is 2.16. The van der Waals surface area contributed by atoms with Gasteiger partial charge in [0.1, 0.15) is 36.6 Å². The Kier molecular flexibility index (Phi) is 12.4. The third-order valence-corrected chi connectivity index (χ3v) is 6.94. The molecule has 0 saturated heterocycles. The molecule has 0 aliphatic carbocycles. The molecular formula is C33H42F2N3O4+. The van der Waals surface area contributed by atoms with Crippen LogP contribution in [0.2, 0.25) is 0 Å². The van der Waals surface area contributed by atoms with Crippen molar-refractivity contribution < 1.29 is 33.5 Å². The summed E-state index contributed by atoms with van der Waals surface area (Å²) in [4.78, 5) is 28.5. The Hall–Kier alpha value is -3.82. The second-order valence-corrected chi connectivity index (χ2v) is 10.6. The smallest absolute Gasteiger partial charge is 0.253 e. The Morgan fingerprint density at radius 1 is 0.952 bits per heavy atom. The van der Waals surface area contributed by atoms with Gasteiger partial charge in [0, 0.05) is 35.8 Å². The van der Waals surface area contributed by atoms with E-state index in [2.05, 4.69) is 5.32 Å². The summed E-state index contributed by atoms with van der Waals surface area (Å²) >= 11 is 0. The minimum Gasteiger partial charge on any atom is -0.497 e. The lowest BCUT2D eigenvalue weighted by molar-refractivity contribution is -0.676. The fourth-order valence-corrected chi connectivity index (χ4v) is 4.98. The number of benzene rings is 3. The van der Waals surface area contributed by atoms with Crippen LogP contribution in [0.4, 0.5) is 8.78 Å². The lowest BCUT2D eigenvalue weighted by Crippen LogP contribution is -2.85. The zero-order chi connectivity index (χ0) is 30.6. The van der Waals surface area contributed by atoms with Crippen molar-refractivity contribution in [1.29, 1.82) is 0 Å². The first kappa shape index (κ1) is 32.7. The van der Waals surface area contributed by atoms with Crippen molar-refractivity contribution in [3.63, 3.8) is 0 Å². The number of aliphatic hydroxyl groups excluding tert-OH is 1. The number of halogens is 2. The molecule has 0 aromatic heterocycles. The molecule has 9 heteroatoms. The summed E-state index contributed by atoms with van der Waals surface area (Å²) in [6, 6.07) is 14.9. The van der Waals surface area contributed by atoms with Gasteiger partial charge in [-0.1, -0.05) is 26.0 Å². The van der Waals surface area contributed by atoms with Crippen molar-refractivity contribution in [2.24, 2.45) is 0 Å². The molecule has 0 radical (unpaired) electrons. The van der Waals surface area contributed by atoms with Gasteiger partial charge in [0.15, 0.2) is 0 Å². The quantitative estimate of drug-likeness (QED) is 0.252. The van der Waals surface area contributed by atoms with E-state index in [1.54, 1.807) is 30.2 Å². The van der Waals surface area contributed by atoms with Gasteiger partial charge >= 0.3 is 0 Å². The maximum atomic E-state index is 14.0. The van der Waals surface area contributed by atoms with E-state index in [4.69, 9.17) is 4.74 Å². The van der Waals surface area contributed by atoms with Gasteiger partial charge in [0.25, 0.3) is 11.8 Å². The fraction of sp³-hybridized carbons (Fsp3) is 0.394. The number of ether oxygens (including phenoxy) is 1. The molecule has 3 aromatic carbocycles. The van der Waals surface area contributed by atoms with E-state index in [9.17, 15) is 23.5 Å². The molecule has 7 nitrogen and oxygen atoms in total. The largest absolute Gasteiger partial charge is 0.497 e. The molecule has 0 unspecified atom stereocenters. The zero-order valence-electron chi connectivity index (χ0n) is 24.8. The molecule has 2 atom stereocenters. The van der Waals surface area contributed by atoms with Crippen LogP contribution < -0.4 is 15.4 Å². The molecular weight excluding hydrogens is 540 g/mol. The number of carbonyl (C=O) groups excluding carboxylic acids is 2. The van der Waals surface area contributed by atoms with E-state index in [1.165, 1.54) is 12.1 Å². The van der Waals surface area contributed by atoms with Crippen LogP contribution in [-0.4, -0.2) is 60.7 Å². The van der Waals surface area contributed by atoms with E-state index in [1.807, 2.05) is 50.4 Å². The van der Waals surface area contributed by atoms with E-state index >= 15 is 0 Å². The van der Waals surface area contributed by atoms with E-state index in [-0.39, 0.29) is 24.4 Å². The number of amides is 2.